The van der Waals surface area contributed by atoms with E-state index < -0.39 is 6.04 Å². The highest BCUT2D eigenvalue weighted by molar-refractivity contribution is 5.96. The fraction of sp³-hybridized carbons (Fsp3) is 0.385. The lowest BCUT2D eigenvalue weighted by Crippen LogP contribution is -2.39. The molecule has 98 valence electrons. The third-order valence-electron chi connectivity index (χ3n) is 2.47. The first kappa shape index (κ1) is 14.2. The minimum absolute atomic E-state index is 0.0727. The second kappa shape index (κ2) is 6.16. The highest BCUT2D eigenvalue weighted by atomic mass is 16.2. The number of amides is 2. The second-order valence-electron chi connectivity index (χ2n) is 4.52. The summed E-state index contributed by atoms with van der Waals surface area (Å²) in [5.74, 6) is -0.314. The molecule has 0 saturated carbocycles. The smallest absolute Gasteiger partial charge is 0.241 e. The van der Waals surface area contributed by atoms with Crippen molar-refractivity contribution in [3.8, 4) is 0 Å². The van der Waals surface area contributed by atoms with Crippen LogP contribution < -0.4 is 16.4 Å². The minimum Gasteiger partial charge on any atom is -0.326 e. The Bertz CT molecular complexity index is 444. The highest BCUT2D eigenvalue weighted by Crippen LogP contribution is 2.15. The van der Waals surface area contributed by atoms with Crippen LogP contribution in [0, 0.1) is 5.92 Å². The van der Waals surface area contributed by atoms with Crippen LogP contribution >= 0.6 is 0 Å². The van der Waals surface area contributed by atoms with Gasteiger partial charge in [-0.25, -0.2) is 0 Å². The van der Waals surface area contributed by atoms with Crippen molar-refractivity contribution < 1.29 is 9.59 Å². The molecular weight excluding hydrogens is 230 g/mol. The van der Waals surface area contributed by atoms with E-state index in [-0.39, 0.29) is 17.7 Å². The van der Waals surface area contributed by atoms with Crippen LogP contribution in [0.4, 0.5) is 11.4 Å². The maximum atomic E-state index is 11.8. The van der Waals surface area contributed by atoms with Crippen molar-refractivity contribution in [2.75, 3.05) is 10.6 Å². The van der Waals surface area contributed by atoms with Gasteiger partial charge in [-0.1, -0.05) is 19.9 Å². The summed E-state index contributed by atoms with van der Waals surface area (Å²) in [7, 11) is 0. The van der Waals surface area contributed by atoms with Crippen LogP contribution in [0.2, 0.25) is 0 Å². The van der Waals surface area contributed by atoms with Gasteiger partial charge in [-0.15, -0.1) is 0 Å². The SMILES string of the molecule is CC(=O)Nc1cccc(NC(=O)[C@H](N)C(C)C)c1. The van der Waals surface area contributed by atoms with Gasteiger partial charge in [0, 0.05) is 18.3 Å². The summed E-state index contributed by atoms with van der Waals surface area (Å²) < 4.78 is 0. The van der Waals surface area contributed by atoms with Crippen LogP contribution in [-0.2, 0) is 9.59 Å². The zero-order chi connectivity index (χ0) is 13.7. The number of hydrogen-bond acceptors (Lipinski definition) is 3. The van der Waals surface area contributed by atoms with E-state index >= 15 is 0 Å². The molecule has 1 rings (SSSR count). The summed E-state index contributed by atoms with van der Waals surface area (Å²) in [5, 5.41) is 5.37. The lowest BCUT2D eigenvalue weighted by atomic mass is 10.0. The maximum Gasteiger partial charge on any atom is 0.241 e. The van der Waals surface area contributed by atoms with E-state index in [2.05, 4.69) is 10.6 Å². The van der Waals surface area contributed by atoms with Crippen LogP contribution in [0.5, 0.6) is 0 Å². The van der Waals surface area contributed by atoms with E-state index in [1.807, 2.05) is 13.8 Å². The van der Waals surface area contributed by atoms with Gasteiger partial charge in [-0.3, -0.25) is 9.59 Å². The molecule has 0 heterocycles. The summed E-state index contributed by atoms with van der Waals surface area (Å²) in [4.78, 5) is 22.7. The number of rotatable bonds is 4. The molecule has 2 amide bonds. The normalized spacial score (nSPS) is 12.1. The molecule has 0 unspecified atom stereocenters. The highest BCUT2D eigenvalue weighted by Gasteiger charge is 2.17. The van der Waals surface area contributed by atoms with Gasteiger partial charge < -0.3 is 16.4 Å². The first-order chi connectivity index (χ1) is 8.40. The van der Waals surface area contributed by atoms with Gasteiger partial charge in [0.15, 0.2) is 0 Å². The van der Waals surface area contributed by atoms with Crippen molar-refractivity contribution in [3.05, 3.63) is 24.3 Å². The van der Waals surface area contributed by atoms with Crippen molar-refractivity contribution in [2.24, 2.45) is 11.7 Å². The number of anilines is 2. The molecule has 0 bridgehead atoms. The summed E-state index contributed by atoms with van der Waals surface area (Å²) in [6.45, 7) is 5.20. The van der Waals surface area contributed by atoms with Crippen LogP contribution in [-0.4, -0.2) is 17.9 Å². The zero-order valence-electron chi connectivity index (χ0n) is 10.9. The molecule has 0 spiro atoms. The van der Waals surface area contributed by atoms with E-state index in [1.54, 1.807) is 24.3 Å². The quantitative estimate of drug-likeness (QED) is 0.757. The lowest BCUT2D eigenvalue weighted by molar-refractivity contribution is -0.118. The van der Waals surface area contributed by atoms with E-state index in [1.165, 1.54) is 6.92 Å². The summed E-state index contributed by atoms with van der Waals surface area (Å²) in [5.41, 5.74) is 7.00. The first-order valence-corrected chi connectivity index (χ1v) is 5.84. The summed E-state index contributed by atoms with van der Waals surface area (Å²) >= 11 is 0. The molecule has 0 saturated heterocycles. The molecular formula is C13H19N3O2. The molecule has 0 aromatic heterocycles. The third-order valence-corrected chi connectivity index (χ3v) is 2.47. The van der Waals surface area contributed by atoms with E-state index in [0.29, 0.717) is 11.4 Å². The number of nitrogens with one attached hydrogen (secondary N) is 2. The Hall–Kier alpha value is -1.88. The van der Waals surface area contributed by atoms with Crippen LogP contribution in [0.15, 0.2) is 24.3 Å². The Morgan fingerprint density at radius 2 is 1.72 bits per heavy atom. The topological polar surface area (TPSA) is 84.2 Å². The second-order valence-corrected chi connectivity index (χ2v) is 4.52. The molecule has 1 aromatic rings. The van der Waals surface area contributed by atoms with E-state index in [4.69, 9.17) is 5.73 Å². The van der Waals surface area contributed by atoms with E-state index in [9.17, 15) is 9.59 Å². The van der Waals surface area contributed by atoms with Gasteiger partial charge in [0.1, 0.15) is 0 Å². The Balaban J connectivity index is 2.73. The first-order valence-electron chi connectivity index (χ1n) is 5.84. The van der Waals surface area contributed by atoms with Crippen molar-refractivity contribution in [2.45, 2.75) is 26.8 Å². The van der Waals surface area contributed by atoms with Gasteiger partial charge >= 0.3 is 0 Å². The van der Waals surface area contributed by atoms with Crippen molar-refractivity contribution in [3.63, 3.8) is 0 Å². The minimum atomic E-state index is -0.547. The molecule has 5 heteroatoms. The number of carbonyl (C=O) groups is 2. The molecule has 0 aliphatic rings. The Labute approximate surface area is 107 Å². The lowest BCUT2D eigenvalue weighted by Gasteiger charge is -2.15. The maximum absolute atomic E-state index is 11.8. The average Bonchev–Trinajstić information content (AvgIpc) is 2.27. The fourth-order valence-corrected chi connectivity index (χ4v) is 1.41. The zero-order valence-corrected chi connectivity index (χ0v) is 10.9. The molecule has 1 aromatic carbocycles. The van der Waals surface area contributed by atoms with E-state index in [0.717, 1.165) is 0 Å². The predicted molar refractivity (Wildman–Crippen MR) is 72.2 cm³/mol. The molecule has 0 radical (unpaired) electrons. The Morgan fingerprint density at radius 1 is 1.17 bits per heavy atom. The number of carbonyl (C=O) groups excluding carboxylic acids is 2. The largest absolute Gasteiger partial charge is 0.326 e. The van der Waals surface area contributed by atoms with Crippen molar-refractivity contribution in [1.29, 1.82) is 0 Å². The molecule has 4 N–H and O–H groups in total. The standard InChI is InChI=1S/C13H19N3O2/c1-8(2)12(14)13(18)16-11-6-4-5-10(7-11)15-9(3)17/h4-8,12H,14H2,1-3H3,(H,15,17)(H,16,18)/t12-/m1/s1. The van der Waals surface area contributed by atoms with Crippen molar-refractivity contribution >= 4 is 23.2 Å². The number of benzene rings is 1. The predicted octanol–water partition coefficient (Wildman–Crippen LogP) is 1.57. The third kappa shape index (κ3) is 4.18. The fourth-order valence-electron chi connectivity index (χ4n) is 1.41. The Morgan fingerprint density at radius 3 is 2.22 bits per heavy atom. The van der Waals surface area contributed by atoms with Crippen LogP contribution in [0.3, 0.4) is 0 Å². The molecule has 0 fully saturated rings. The monoisotopic (exact) mass is 249 g/mol. The summed E-state index contributed by atoms with van der Waals surface area (Å²) in [6, 6.07) is 6.39. The molecule has 1 atom stereocenters. The van der Waals surface area contributed by atoms with Gasteiger partial charge in [-0.05, 0) is 24.1 Å². The van der Waals surface area contributed by atoms with Gasteiger partial charge in [0.05, 0.1) is 6.04 Å². The van der Waals surface area contributed by atoms with Gasteiger partial charge in [0.25, 0.3) is 0 Å². The number of nitrogens with two attached hydrogens (primary N) is 1. The van der Waals surface area contributed by atoms with Crippen molar-refractivity contribution in [1.82, 2.24) is 0 Å². The molecule has 18 heavy (non-hydrogen) atoms. The molecule has 0 aliphatic carbocycles. The summed E-state index contributed by atoms with van der Waals surface area (Å²) in [6.07, 6.45) is 0. The van der Waals surface area contributed by atoms with Gasteiger partial charge in [0.2, 0.25) is 11.8 Å². The van der Waals surface area contributed by atoms with Crippen LogP contribution in [0.1, 0.15) is 20.8 Å². The van der Waals surface area contributed by atoms with Crippen LogP contribution in [0.25, 0.3) is 0 Å². The average molecular weight is 249 g/mol. The molecule has 5 nitrogen and oxygen atoms in total. The molecule has 0 aliphatic heterocycles. The van der Waals surface area contributed by atoms with Gasteiger partial charge in [-0.2, -0.15) is 0 Å². The Kier molecular flexibility index (Phi) is 4.85. The number of hydrogen-bond donors (Lipinski definition) is 3.